The van der Waals surface area contributed by atoms with Gasteiger partial charge in [0, 0.05) is 0 Å². The normalized spacial score (nSPS) is 10.6. The molecule has 92 valence electrons. The summed E-state index contributed by atoms with van der Waals surface area (Å²) in [4.78, 5) is 0. The highest BCUT2D eigenvalue weighted by molar-refractivity contribution is 6.32. The number of anilines is 1. The first-order chi connectivity index (χ1) is 8.79. The summed E-state index contributed by atoms with van der Waals surface area (Å²) in [7, 11) is 1.62. The Kier molecular flexibility index (Phi) is 4.15. The van der Waals surface area contributed by atoms with Crippen molar-refractivity contribution in [2.45, 2.75) is 0 Å². The lowest BCUT2D eigenvalue weighted by molar-refractivity contribution is 0.415. The molecule has 0 unspecified atom stereocenters. The molecule has 0 aliphatic rings. The van der Waals surface area contributed by atoms with Crippen molar-refractivity contribution in [3.05, 3.63) is 53.6 Å². The molecule has 1 N–H and O–H groups in total. The summed E-state index contributed by atoms with van der Waals surface area (Å²) in [6, 6.07) is 14.6. The number of nitrogens with one attached hydrogen (secondary N) is 1. The minimum Gasteiger partial charge on any atom is -0.497 e. The van der Waals surface area contributed by atoms with Crippen LogP contribution in [-0.4, -0.2) is 7.11 Å². The third kappa shape index (κ3) is 3.21. The van der Waals surface area contributed by atoms with Crippen molar-refractivity contribution in [1.29, 1.82) is 0 Å². The van der Waals surface area contributed by atoms with Gasteiger partial charge in [-0.05, 0) is 36.4 Å². The Bertz CT molecular complexity index is 540. The first-order valence-electron chi connectivity index (χ1n) is 5.35. The van der Waals surface area contributed by atoms with E-state index in [0.717, 1.165) is 11.4 Å². The zero-order valence-corrected chi connectivity index (χ0v) is 10.6. The number of rotatable bonds is 4. The summed E-state index contributed by atoms with van der Waals surface area (Å²) < 4.78 is 5.06. The van der Waals surface area contributed by atoms with E-state index >= 15 is 0 Å². The number of benzene rings is 2. The fraction of sp³-hybridized carbons (Fsp3) is 0.0769. The van der Waals surface area contributed by atoms with E-state index in [9.17, 15) is 0 Å². The molecule has 0 amide bonds. The van der Waals surface area contributed by atoms with E-state index in [1.54, 1.807) is 19.2 Å². The molecule has 0 spiro atoms. The van der Waals surface area contributed by atoms with Crippen LogP contribution in [0.4, 0.5) is 11.4 Å². The SMILES string of the molecule is COc1ccc(NN=Nc2ccccc2Cl)cc1. The highest BCUT2D eigenvalue weighted by atomic mass is 35.5. The third-order valence-electron chi connectivity index (χ3n) is 2.28. The molecule has 2 rings (SSSR count). The van der Waals surface area contributed by atoms with Crippen molar-refractivity contribution in [2.75, 3.05) is 12.5 Å². The molecule has 0 bridgehead atoms. The summed E-state index contributed by atoms with van der Waals surface area (Å²) in [6.45, 7) is 0. The molecule has 4 nitrogen and oxygen atoms in total. The Balaban J connectivity index is 2.00. The van der Waals surface area contributed by atoms with E-state index < -0.39 is 0 Å². The molecular weight excluding hydrogens is 250 g/mol. The molecule has 18 heavy (non-hydrogen) atoms. The predicted molar refractivity (Wildman–Crippen MR) is 72.6 cm³/mol. The molecule has 0 heterocycles. The highest BCUT2D eigenvalue weighted by Crippen LogP contribution is 2.24. The van der Waals surface area contributed by atoms with Crippen molar-refractivity contribution in [3.63, 3.8) is 0 Å². The number of hydrogen-bond donors (Lipinski definition) is 1. The third-order valence-corrected chi connectivity index (χ3v) is 2.60. The second-order valence-corrected chi connectivity index (χ2v) is 3.90. The molecule has 0 aromatic heterocycles. The fourth-order valence-corrected chi connectivity index (χ4v) is 1.51. The average molecular weight is 262 g/mol. The number of hydrogen-bond acceptors (Lipinski definition) is 3. The van der Waals surface area contributed by atoms with E-state index in [2.05, 4.69) is 15.8 Å². The molecule has 0 aliphatic heterocycles. The van der Waals surface area contributed by atoms with Crippen LogP contribution in [0.25, 0.3) is 0 Å². The van der Waals surface area contributed by atoms with Crippen LogP contribution in [0.5, 0.6) is 5.75 Å². The average Bonchev–Trinajstić information content (AvgIpc) is 2.42. The van der Waals surface area contributed by atoms with Crippen molar-refractivity contribution >= 4 is 23.0 Å². The highest BCUT2D eigenvalue weighted by Gasteiger charge is 1.95. The Labute approximate surface area is 110 Å². The summed E-state index contributed by atoms with van der Waals surface area (Å²) in [5.41, 5.74) is 4.27. The van der Waals surface area contributed by atoms with Crippen LogP contribution in [0.15, 0.2) is 58.9 Å². The molecule has 2 aromatic rings. The van der Waals surface area contributed by atoms with E-state index in [1.807, 2.05) is 36.4 Å². The standard InChI is InChI=1S/C13H12ClN3O/c1-18-11-8-6-10(7-9-11)15-17-16-13-5-3-2-4-12(13)14/h2-9H,1H3,(H,15,16). The van der Waals surface area contributed by atoms with Crippen LogP contribution in [-0.2, 0) is 0 Å². The lowest BCUT2D eigenvalue weighted by Gasteiger charge is -2.01. The van der Waals surface area contributed by atoms with Crippen molar-refractivity contribution in [3.8, 4) is 5.75 Å². The number of halogens is 1. The van der Waals surface area contributed by atoms with Crippen LogP contribution in [0.3, 0.4) is 0 Å². The Morgan fingerprint density at radius 1 is 1.06 bits per heavy atom. The van der Waals surface area contributed by atoms with Crippen molar-refractivity contribution in [1.82, 2.24) is 0 Å². The van der Waals surface area contributed by atoms with Crippen LogP contribution in [0.1, 0.15) is 0 Å². The van der Waals surface area contributed by atoms with Crippen molar-refractivity contribution in [2.24, 2.45) is 10.3 Å². The smallest absolute Gasteiger partial charge is 0.119 e. The molecule has 0 aliphatic carbocycles. The van der Waals surface area contributed by atoms with Gasteiger partial charge in [-0.3, -0.25) is 5.43 Å². The molecule has 0 radical (unpaired) electrons. The fourth-order valence-electron chi connectivity index (χ4n) is 1.33. The lowest BCUT2D eigenvalue weighted by Crippen LogP contribution is -1.87. The Morgan fingerprint density at radius 3 is 2.44 bits per heavy atom. The molecule has 2 aromatic carbocycles. The molecule has 0 saturated heterocycles. The summed E-state index contributed by atoms with van der Waals surface area (Å²) >= 11 is 5.95. The summed E-state index contributed by atoms with van der Waals surface area (Å²) in [5.74, 6) is 0.795. The minimum atomic E-state index is 0.567. The number of ether oxygens (including phenoxy) is 1. The maximum atomic E-state index is 5.95. The van der Waals surface area contributed by atoms with E-state index in [4.69, 9.17) is 16.3 Å². The largest absolute Gasteiger partial charge is 0.497 e. The van der Waals surface area contributed by atoms with Crippen LogP contribution >= 0.6 is 11.6 Å². The first-order valence-corrected chi connectivity index (χ1v) is 5.73. The van der Waals surface area contributed by atoms with E-state index in [1.165, 1.54) is 0 Å². The molecule has 0 fully saturated rings. The van der Waals surface area contributed by atoms with Gasteiger partial charge in [0.2, 0.25) is 0 Å². The minimum absolute atomic E-state index is 0.567. The predicted octanol–water partition coefficient (Wildman–Crippen LogP) is 4.46. The molecular formula is C13H12ClN3O. The first kappa shape index (κ1) is 12.4. The summed E-state index contributed by atoms with van der Waals surface area (Å²) in [5, 5.41) is 8.44. The van der Waals surface area contributed by atoms with Crippen LogP contribution in [0.2, 0.25) is 5.02 Å². The van der Waals surface area contributed by atoms with Gasteiger partial charge < -0.3 is 4.74 Å². The summed E-state index contributed by atoms with van der Waals surface area (Å²) in [6.07, 6.45) is 0. The molecule has 5 heteroatoms. The van der Waals surface area contributed by atoms with Crippen molar-refractivity contribution < 1.29 is 4.74 Å². The van der Waals surface area contributed by atoms with Gasteiger partial charge >= 0.3 is 0 Å². The zero-order valence-electron chi connectivity index (χ0n) is 9.80. The van der Waals surface area contributed by atoms with E-state index in [-0.39, 0.29) is 0 Å². The van der Waals surface area contributed by atoms with Crippen LogP contribution in [0, 0.1) is 0 Å². The molecule has 0 atom stereocenters. The Hall–Kier alpha value is -2.07. The number of nitrogens with zero attached hydrogens (tertiary/aromatic N) is 2. The lowest BCUT2D eigenvalue weighted by atomic mass is 10.3. The van der Waals surface area contributed by atoms with Gasteiger partial charge in [0.25, 0.3) is 0 Å². The van der Waals surface area contributed by atoms with Gasteiger partial charge in [0.15, 0.2) is 0 Å². The monoisotopic (exact) mass is 261 g/mol. The number of methoxy groups -OCH3 is 1. The topological polar surface area (TPSA) is 46.0 Å². The van der Waals surface area contributed by atoms with Gasteiger partial charge in [-0.2, -0.15) is 0 Å². The zero-order chi connectivity index (χ0) is 12.8. The maximum Gasteiger partial charge on any atom is 0.119 e. The quantitative estimate of drug-likeness (QED) is 0.652. The van der Waals surface area contributed by atoms with Gasteiger partial charge in [0.05, 0.1) is 17.8 Å². The maximum absolute atomic E-state index is 5.95. The Morgan fingerprint density at radius 2 is 1.78 bits per heavy atom. The second-order valence-electron chi connectivity index (χ2n) is 3.49. The van der Waals surface area contributed by atoms with E-state index in [0.29, 0.717) is 10.7 Å². The van der Waals surface area contributed by atoms with Gasteiger partial charge in [0.1, 0.15) is 11.4 Å². The van der Waals surface area contributed by atoms with Crippen LogP contribution < -0.4 is 10.2 Å². The van der Waals surface area contributed by atoms with Gasteiger partial charge in [-0.1, -0.05) is 29.0 Å². The van der Waals surface area contributed by atoms with Gasteiger partial charge in [-0.15, -0.1) is 5.11 Å². The molecule has 0 saturated carbocycles. The second kappa shape index (κ2) is 6.02. The van der Waals surface area contributed by atoms with Gasteiger partial charge in [-0.25, -0.2) is 0 Å².